The molecule has 26 heavy (non-hydrogen) atoms. The van der Waals surface area contributed by atoms with E-state index in [4.69, 9.17) is 11.6 Å². The Labute approximate surface area is 159 Å². The summed E-state index contributed by atoms with van der Waals surface area (Å²) in [5, 5.41) is 9.35. The molecular formula is C20H24ClN3O2. The van der Waals surface area contributed by atoms with Gasteiger partial charge in [-0.1, -0.05) is 24.6 Å². The van der Waals surface area contributed by atoms with Crippen molar-refractivity contribution in [3.8, 4) is 0 Å². The molecule has 0 aliphatic rings. The van der Waals surface area contributed by atoms with Crippen molar-refractivity contribution >= 4 is 34.8 Å². The number of amides is 2. The summed E-state index contributed by atoms with van der Waals surface area (Å²) in [6.45, 7) is 6.01. The van der Waals surface area contributed by atoms with Gasteiger partial charge < -0.3 is 16.0 Å². The Balaban J connectivity index is 1.86. The molecule has 5 nitrogen and oxygen atoms in total. The number of rotatable bonds is 7. The van der Waals surface area contributed by atoms with Gasteiger partial charge in [-0.2, -0.15) is 0 Å². The predicted octanol–water partition coefficient (Wildman–Crippen LogP) is 4.23. The van der Waals surface area contributed by atoms with Gasteiger partial charge in [-0.05, 0) is 62.2 Å². The van der Waals surface area contributed by atoms with Crippen LogP contribution in [0.3, 0.4) is 0 Å². The molecule has 0 aliphatic carbocycles. The van der Waals surface area contributed by atoms with E-state index in [9.17, 15) is 9.59 Å². The highest BCUT2D eigenvalue weighted by molar-refractivity contribution is 6.31. The standard InChI is InChI=1S/C20H24ClN3O2/c1-4-14(3)23-20(26)15-6-9-16(10-7-15)22-12-19(25)24-17-8-5-13(2)18(21)11-17/h5-11,14,22H,4,12H2,1-3H3,(H,23,26)(H,24,25). The number of hydrogen-bond donors (Lipinski definition) is 3. The van der Waals surface area contributed by atoms with Gasteiger partial charge in [0.25, 0.3) is 5.91 Å². The maximum atomic E-state index is 12.0. The number of carbonyl (C=O) groups excluding carboxylic acids is 2. The summed E-state index contributed by atoms with van der Waals surface area (Å²) in [4.78, 5) is 24.1. The smallest absolute Gasteiger partial charge is 0.251 e. The van der Waals surface area contributed by atoms with Crippen LogP contribution in [0.25, 0.3) is 0 Å². The van der Waals surface area contributed by atoms with E-state index in [0.717, 1.165) is 17.7 Å². The quantitative estimate of drug-likeness (QED) is 0.680. The third-order valence-electron chi connectivity index (χ3n) is 4.05. The molecule has 1 atom stereocenters. The number of carbonyl (C=O) groups is 2. The highest BCUT2D eigenvalue weighted by atomic mass is 35.5. The van der Waals surface area contributed by atoms with E-state index in [1.54, 1.807) is 30.3 Å². The molecule has 2 rings (SSSR count). The van der Waals surface area contributed by atoms with Crippen molar-refractivity contribution in [2.45, 2.75) is 33.2 Å². The highest BCUT2D eigenvalue weighted by Crippen LogP contribution is 2.19. The van der Waals surface area contributed by atoms with Crippen LogP contribution in [-0.4, -0.2) is 24.4 Å². The lowest BCUT2D eigenvalue weighted by Gasteiger charge is -2.12. The third kappa shape index (κ3) is 5.77. The third-order valence-corrected chi connectivity index (χ3v) is 4.45. The second kappa shape index (κ2) is 9.25. The van der Waals surface area contributed by atoms with Gasteiger partial charge in [0.1, 0.15) is 0 Å². The molecular weight excluding hydrogens is 350 g/mol. The van der Waals surface area contributed by atoms with E-state index in [0.29, 0.717) is 16.3 Å². The Morgan fingerprint density at radius 3 is 2.35 bits per heavy atom. The second-order valence-electron chi connectivity index (χ2n) is 6.23. The van der Waals surface area contributed by atoms with Crippen molar-refractivity contribution in [1.82, 2.24) is 5.32 Å². The van der Waals surface area contributed by atoms with Crippen molar-refractivity contribution in [2.75, 3.05) is 17.2 Å². The van der Waals surface area contributed by atoms with Crippen LogP contribution in [0.15, 0.2) is 42.5 Å². The molecule has 2 amide bonds. The van der Waals surface area contributed by atoms with Crippen LogP contribution in [0.5, 0.6) is 0 Å². The van der Waals surface area contributed by atoms with E-state index >= 15 is 0 Å². The topological polar surface area (TPSA) is 70.2 Å². The first kappa shape index (κ1) is 19.8. The Hall–Kier alpha value is -2.53. The van der Waals surface area contributed by atoms with Gasteiger partial charge in [0.15, 0.2) is 0 Å². The molecule has 0 fully saturated rings. The van der Waals surface area contributed by atoms with Crippen LogP contribution in [0.2, 0.25) is 5.02 Å². The van der Waals surface area contributed by atoms with Crippen molar-refractivity contribution in [3.63, 3.8) is 0 Å². The summed E-state index contributed by atoms with van der Waals surface area (Å²) in [6.07, 6.45) is 0.882. The zero-order valence-electron chi connectivity index (χ0n) is 15.2. The summed E-state index contributed by atoms with van der Waals surface area (Å²) >= 11 is 6.05. The second-order valence-corrected chi connectivity index (χ2v) is 6.63. The largest absolute Gasteiger partial charge is 0.376 e. The molecule has 2 aromatic rings. The molecule has 0 saturated heterocycles. The van der Waals surface area contributed by atoms with Crippen LogP contribution in [0.1, 0.15) is 36.2 Å². The zero-order chi connectivity index (χ0) is 19.1. The minimum Gasteiger partial charge on any atom is -0.376 e. The number of aryl methyl sites for hydroxylation is 1. The molecule has 0 bridgehead atoms. The van der Waals surface area contributed by atoms with Gasteiger partial charge >= 0.3 is 0 Å². The number of benzene rings is 2. The lowest BCUT2D eigenvalue weighted by Crippen LogP contribution is -2.31. The van der Waals surface area contributed by atoms with Crippen molar-refractivity contribution in [1.29, 1.82) is 0 Å². The molecule has 2 aromatic carbocycles. The Kier molecular flexibility index (Phi) is 7.04. The van der Waals surface area contributed by atoms with Crippen LogP contribution < -0.4 is 16.0 Å². The van der Waals surface area contributed by atoms with Gasteiger partial charge in [0, 0.05) is 28.0 Å². The molecule has 3 N–H and O–H groups in total. The van der Waals surface area contributed by atoms with Gasteiger partial charge in [0.05, 0.1) is 6.54 Å². The van der Waals surface area contributed by atoms with Gasteiger partial charge in [-0.25, -0.2) is 0 Å². The van der Waals surface area contributed by atoms with E-state index in [1.807, 2.05) is 32.9 Å². The molecule has 0 aromatic heterocycles. The predicted molar refractivity (Wildman–Crippen MR) is 107 cm³/mol. The number of nitrogens with one attached hydrogen (secondary N) is 3. The van der Waals surface area contributed by atoms with Gasteiger partial charge in [0.2, 0.25) is 5.91 Å². The van der Waals surface area contributed by atoms with E-state index in [1.165, 1.54) is 0 Å². The first-order valence-electron chi connectivity index (χ1n) is 8.60. The lowest BCUT2D eigenvalue weighted by molar-refractivity contribution is -0.114. The Bertz CT molecular complexity index is 775. The summed E-state index contributed by atoms with van der Waals surface area (Å²) in [5.41, 5.74) is 2.97. The maximum Gasteiger partial charge on any atom is 0.251 e. The average molecular weight is 374 g/mol. The minimum atomic E-state index is -0.177. The zero-order valence-corrected chi connectivity index (χ0v) is 16.0. The first-order valence-corrected chi connectivity index (χ1v) is 8.97. The van der Waals surface area contributed by atoms with E-state index in [2.05, 4.69) is 16.0 Å². The van der Waals surface area contributed by atoms with Crippen LogP contribution in [0, 0.1) is 6.92 Å². The van der Waals surface area contributed by atoms with Crippen LogP contribution in [-0.2, 0) is 4.79 Å². The number of anilines is 2. The average Bonchev–Trinajstić information content (AvgIpc) is 2.63. The summed E-state index contributed by atoms with van der Waals surface area (Å²) in [5.74, 6) is -0.275. The molecule has 0 radical (unpaired) electrons. The lowest BCUT2D eigenvalue weighted by atomic mass is 10.1. The van der Waals surface area contributed by atoms with Crippen LogP contribution in [0.4, 0.5) is 11.4 Å². The van der Waals surface area contributed by atoms with E-state index in [-0.39, 0.29) is 24.4 Å². The number of hydrogen-bond acceptors (Lipinski definition) is 3. The highest BCUT2D eigenvalue weighted by Gasteiger charge is 2.09. The Morgan fingerprint density at radius 2 is 1.73 bits per heavy atom. The molecule has 138 valence electrons. The van der Waals surface area contributed by atoms with Crippen molar-refractivity contribution < 1.29 is 9.59 Å². The fourth-order valence-electron chi connectivity index (χ4n) is 2.21. The summed E-state index contributed by atoms with van der Waals surface area (Å²) in [7, 11) is 0. The fourth-order valence-corrected chi connectivity index (χ4v) is 2.39. The van der Waals surface area contributed by atoms with Gasteiger partial charge in [-0.3, -0.25) is 9.59 Å². The molecule has 0 saturated carbocycles. The SMILES string of the molecule is CCC(C)NC(=O)c1ccc(NCC(=O)Nc2ccc(C)c(Cl)c2)cc1. The molecule has 1 unspecified atom stereocenters. The molecule has 0 aliphatic heterocycles. The number of halogens is 1. The maximum absolute atomic E-state index is 12.0. The summed E-state index contributed by atoms with van der Waals surface area (Å²) in [6, 6.07) is 12.6. The Morgan fingerprint density at radius 1 is 1.08 bits per heavy atom. The molecule has 0 spiro atoms. The first-order chi connectivity index (χ1) is 12.4. The van der Waals surface area contributed by atoms with Crippen LogP contribution >= 0.6 is 11.6 Å². The molecule has 0 heterocycles. The van der Waals surface area contributed by atoms with Crippen molar-refractivity contribution in [3.05, 3.63) is 58.6 Å². The fraction of sp³-hybridized carbons (Fsp3) is 0.300. The molecule has 6 heteroatoms. The summed E-state index contributed by atoms with van der Waals surface area (Å²) < 4.78 is 0. The van der Waals surface area contributed by atoms with Gasteiger partial charge in [-0.15, -0.1) is 0 Å². The van der Waals surface area contributed by atoms with Crippen molar-refractivity contribution in [2.24, 2.45) is 0 Å². The van der Waals surface area contributed by atoms with E-state index < -0.39 is 0 Å². The minimum absolute atomic E-state index is 0.0973. The normalized spacial score (nSPS) is 11.5. The monoisotopic (exact) mass is 373 g/mol.